The fourth-order valence-electron chi connectivity index (χ4n) is 5.06. The number of allylic oxidation sites excluding steroid dienone is 1. The number of aliphatic imine (C=N–C) groups is 1. The van der Waals surface area contributed by atoms with E-state index in [-0.39, 0.29) is 6.04 Å². The Balaban J connectivity index is 1.48. The van der Waals surface area contributed by atoms with Gasteiger partial charge in [0.2, 0.25) is 0 Å². The summed E-state index contributed by atoms with van der Waals surface area (Å²) in [5, 5.41) is 3.34. The van der Waals surface area contributed by atoms with Crippen LogP contribution >= 0.6 is 43.6 Å². The molecule has 2 aliphatic heterocycles. The lowest BCUT2D eigenvalue weighted by Gasteiger charge is -2.40. The SMILES string of the molecule is Cc1ccc(C2=CSC3=NC4=C(CCC/C4=C\c4ccc(Br)cc4)[C@H](c4ccc(Br)cc4)N23)cc1. The van der Waals surface area contributed by atoms with Crippen LogP contribution in [-0.4, -0.2) is 10.1 Å². The van der Waals surface area contributed by atoms with Crippen molar-refractivity contribution >= 4 is 60.6 Å². The van der Waals surface area contributed by atoms with E-state index in [2.05, 4.69) is 128 Å². The molecule has 2 nitrogen and oxygen atoms in total. The summed E-state index contributed by atoms with van der Waals surface area (Å²) in [7, 11) is 0. The summed E-state index contributed by atoms with van der Waals surface area (Å²) in [5.74, 6) is 0. The highest BCUT2D eigenvalue weighted by atomic mass is 79.9. The van der Waals surface area contributed by atoms with Crippen LogP contribution in [0.15, 0.2) is 109 Å². The lowest BCUT2D eigenvalue weighted by molar-refractivity contribution is 0.458. The Morgan fingerprint density at radius 3 is 2.29 bits per heavy atom. The second-order valence-corrected chi connectivity index (χ2v) is 11.8. The second-order valence-electron chi connectivity index (χ2n) is 9.15. The molecule has 0 radical (unpaired) electrons. The topological polar surface area (TPSA) is 15.6 Å². The first kappa shape index (κ1) is 23.1. The van der Waals surface area contributed by atoms with Gasteiger partial charge in [0.1, 0.15) is 0 Å². The fourth-order valence-corrected chi connectivity index (χ4v) is 6.51. The molecule has 6 rings (SSSR count). The molecule has 0 saturated heterocycles. The van der Waals surface area contributed by atoms with Gasteiger partial charge in [-0.3, -0.25) is 0 Å². The third-order valence-corrected chi connectivity index (χ3v) is 8.68. The second kappa shape index (κ2) is 9.61. The predicted octanol–water partition coefficient (Wildman–Crippen LogP) is 9.50. The molecule has 0 spiro atoms. The third kappa shape index (κ3) is 4.50. The highest BCUT2D eigenvalue weighted by Crippen LogP contribution is 2.51. The van der Waals surface area contributed by atoms with E-state index in [1.54, 1.807) is 11.8 Å². The molecular weight excluding hydrogens is 580 g/mol. The van der Waals surface area contributed by atoms with Crippen molar-refractivity contribution in [3.05, 3.63) is 126 Å². The summed E-state index contributed by atoms with van der Waals surface area (Å²) in [4.78, 5) is 7.75. The maximum Gasteiger partial charge on any atom is 0.174 e. The van der Waals surface area contributed by atoms with Gasteiger partial charge in [-0.2, -0.15) is 0 Å². The minimum absolute atomic E-state index is 0.141. The Labute approximate surface area is 227 Å². The predicted molar refractivity (Wildman–Crippen MR) is 156 cm³/mol. The van der Waals surface area contributed by atoms with Gasteiger partial charge in [0.15, 0.2) is 5.17 Å². The van der Waals surface area contributed by atoms with Crippen molar-refractivity contribution in [2.24, 2.45) is 4.99 Å². The molecule has 0 fully saturated rings. The molecular formula is C30H24Br2N2S. The lowest BCUT2D eigenvalue weighted by Crippen LogP contribution is -2.34. The number of thioether (sulfide) groups is 1. The highest BCUT2D eigenvalue weighted by molar-refractivity contribution is 9.10. The van der Waals surface area contributed by atoms with E-state index in [0.29, 0.717) is 0 Å². The standard InChI is InChI=1S/C30H24Br2N2S/c1-19-5-9-21(10-6-19)27-18-35-30-33-28-23(17-20-7-13-24(31)14-8-20)3-2-4-26(28)29(34(27)30)22-11-15-25(32)16-12-22/h5-18,29H,2-4H2,1H3/b23-17+/t29-/m0/s1. The maximum absolute atomic E-state index is 5.29. The fraction of sp³-hybridized carbons (Fsp3) is 0.167. The molecule has 35 heavy (non-hydrogen) atoms. The first-order valence-corrected chi connectivity index (χ1v) is 14.3. The summed E-state index contributed by atoms with van der Waals surface area (Å²) in [5.41, 5.74) is 10.2. The van der Waals surface area contributed by atoms with Gasteiger partial charge in [0.05, 0.1) is 17.4 Å². The van der Waals surface area contributed by atoms with E-state index >= 15 is 0 Å². The van der Waals surface area contributed by atoms with Gasteiger partial charge < -0.3 is 4.90 Å². The Kier molecular flexibility index (Phi) is 6.34. The van der Waals surface area contributed by atoms with E-state index in [1.807, 2.05) is 0 Å². The van der Waals surface area contributed by atoms with Crippen LogP contribution in [-0.2, 0) is 0 Å². The molecule has 1 aliphatic carbocycles. The molecule has 3 aromatic rings. The van der Waals surface area contributed by atoms with Gasteiger partial charge in [-0.15, -0.1) is 0 Å². The number of halogens is 2. The molecule has 1 atom stereocenters. The van der Waals surface area contributed by atoms with Crippen molar-refractivity contribution in [2.75, 3.05) is 0 Å². The summed E-state index contributed by atoms with van der Waals surface area (Å²) < 4.78 is 2.20. The van der Waals surface area contributed by atoms with Gasteiger partial charge in [-0.05, 0) is 84.4 Å². The van der Waals surface area contributed by atoms with Crippen molar-refractivity contribution in [1.29, 1.82) is 0 Å². The molecule has 174 valence electrons. The zero-order valence-electron chi connectivity index (χ0n) is 19.3. The highest BCUT2D eigenvalue weighted by Gasteiger charge is 2.40. The summed E-state index contributed by atoms with van der Waals surface area (Å²) in [6.07, 6.45) is 5.59. The van der Waals surface area contributed by atoms with Crippen LogP contribution in [0.3, 0.4) is 0 Å². The van der Waals surface area contributed by atoms with Gasteiger partial charge in [0.25, 0.3) is 0 Å². The summed E-state index contributed by atoms with van der Waals surface area (Å²) in [6, 6.07) is 26.3. The summed E-state index contributed by atoms with van der Waals surface area (Å²) in [6.45, 7) is 2.14. The largest absolute Gasteiger partial charge is 0.308 e. The minimum atomic E-state index is 0.141. The van der Waals surface area contributed by atoms with Crippen molar-refractivity contribution < 1.29 is 0 Å². The van der Waals surface area contributed by atoms with Gasteiger partial charge >= 0.3 is 0 Å². The van der Waals surface area contributed by atoms with Crippen molar-refractivity contribution in [3.8, 4) is 0 Å². The molecule has 0 bridgehead atoms. The molecule has 5 heteroatoms. The smallest absolute Gasteiger partial charge is 0.174 e. The van der Waals surface area contributed by atoms with Crippen LogP contribution in [0.4, 0.5) is 0 Å². The molecule has 0 saturated carbocycles. The van der Waals surface area contributed by atoms with Crippen molar-refractivity contribution in [3.63, 3.8) is 0 Å². The number of benzene rings is 3. The molecule has 3 aromatic carbocycles. The van der Waals surface area contributed by atoms with Gasteiger partial charge in [-0.1, -0.05) is 97.7 Å². The number of hydrogen-bond donors (Lipinski definition) is 0. The van der Waals surface area contributed by atoms with Crippen LogP contribution in [0.5, 0.6) is 0 Å². The Hall–Kier alpha value is -2.34. The average molecular weight is 604 g/mol. The number of aryl methyl sites for hydroxylation is 1. The van der Waals surface area contributed by atoms with Gasteiger partial charge in [-0.25, -0.2) is 4.99 Å². The Bertz CT molecular complexity index is 1400. The van der Waals surface area contributed by atoms with E-state index in [1.165, 1.54) is 44.8 Å². The van der Waals surface area contributed by atoms with E-state index in [9.17, 15) is 0 Å². The van der Waals surface area contributed by atoms with Crippen molar-refractivity contribution in [2.45, 2.75) is 32.2 Å². The first-order valence-electron chi connectivity index (χ1n) is 11.8. The third-order valence-electron chi connectivity index (χ3n) is 6.78. The molecule has 0 amide bonds. The monoisotopic (exact) mass is 602 g/mol. The number of amidine groups is 1. The first-order chi connectivity index (χ1) is 17.1. The van der Waals surface area contributed by atoms with Crippen LogP contribution in [0.1, 0.15) is 47.6 Å². The van der Waals surface area contributed by atoms with E-state index in [4.69, 9.17) is 4.99 Å². The average Bonchev–Trinajstić information content (AvgIpc) is 3.29. The molecule has 0 unspecified atom stereocenters. The quantitative estimate of drug-likeness (QED) is 0.296. The molecule has 2 heterocycles. The number of rotatable bonds is 3. The zero-order valence-corrected chi connectivity index (χ0v) is 23.3. The summed E-state index contributed by atoms with van der Waals surface area (Å²) >= 11 is 8.92. The minimum Gasteiger partial charge on any atom is -0.308 e. The maximum atomic E-state index is 5.29. The molecule has 0 aromatic heterocycles. The van der Waals surface area contributed by atoms with Crippen molar-refractivity contribution in [1.82, 2.24) is 4.90 Å². The Morgan fingerprint density at radius 1 is 0.886 bits per heavy atom. The molecule has 3 aliphatic rings. The lowest BCUT2D eigenvalue weighted by atomic mass is 9.83. The van der Waals surface area contributed by atoms with Crippen LogP contribution in [0.2, 0.25) is 0 Å². The van der Waals surface area contributed by atoms with E-state index in [0.717, 1.165) is 33.4 Å². The molecule has 0 N–H and O–H groups in total. The van der Waals surface area contributed by atoms with Crippen LogP contribution in [0, 0.1) is 6.92 Å². The Morgan fingerprint density at radius 2 is 1.57 bits per heavy atom. The number of nitrogens with zero attached hydrogens (tertiary/aromatic N) is 2. The van der Waals surface area contributed by atoms with Gasteiger partial charge in [0, 0.05) is 14.4 Å². The van der Waals surface area contributed by atoms with E-state index < -0.39 is 0 Å². The van der Waals surface area contributed by atoms with Crippen LogP contribution < -0.4 is 0 Å². The number of hydrogen-bond acceptors (Lipinski definition) is 3. The number of fused-ring (bicyclic) bond motifs is 1. The zero-order chi connectivity index (χ0) is 23.9. The normalized spacial score (nSPS) is 20.5. The van der Waals surface area contributed by atoms with Crippen LogP contribution in [0.25, 0.3) is 11.8 Å².